The van der Waals surface area contributed by atoms with E-state index in [1.807, 2.05) is 0 Å². The smallest absolute Gasteiger partial charge is 0.343 e. The van der Waals surface area contributed by atoms with Gasteiger partial charge in [0.25, 0.3) is 11.6 Å². The zero-order valence-corrected chi connectivity index (χ0v) is 19.1. The number of halogens is 2. The van der Waals surface area contributed by atoms with Crippen molar-refractivity contribution in [3.8, 4) is 11.8 Å². The van der Waals surface area contributed by atoms with Gasteiger partial charge in [-0.1, -0.05) is 41.4 Å². The predicted octanol–water partition coefficient (Wildman–Crippen LogP) is 5.97. The molecule has 3 aromatic carbocycles. The van der Waals surface area contributed by atoms with Crippen molar-refractivity contribution in [2.75, 3.05) is 5.32 Å². The summed E-state index contributed by atoms with van der Waals surface area (Å²) in [6.07, 6.45) is 1.31. The second-order valence-electron chi connectivity index (χ2n) is 6.99. The molecule has 170 valence electrons. The average molecular weight is 496 g/mol. The first-order valence-corrected chi connectivity index (χ1v) is 10.4. The molecule has 3 rings (SSSR count). The molecule has 0 saturated heterocycles. The van der Waals surface area contributed by atoms with E-state index in [4.69, 9.17) is 27.9 Å². The van der Waals surface area contributed by atoms with E-state index >= 15 is 0 Å². The van der Waals surface area contributed by atoms with Crippen molar-refractivity contribution in [1.29, 1.82) is 5.26 Å². The number of carbonyl (C=O) groups is 2. The monoisotopic (exact) mass is 495 g/mol. The number of nitrogens with one attached hydrogen (secondary N) is 1. The second-order valence-corrected chi connectivity index (χ2v) is 7.80. The number of carbonyl (C=O) groups excluding carboxylic acids is 2. The summed E-state index contributed by atoms with van der Waals surface area (Å²) < 4.78 is 5.28. The van der Waals surface area contributed by atoms with Gasteiger partial charge < -0.3 is 10.1 Å². The van der Waals surface area contributed by atoms with E-state index in [1.165, 1.54) is 60.7 Å². The standard InChI is InChI=1S/C24H15Cl2N3O5/c1-14-2-9-21(22(10-14)29(32)33)28-23(30)17(13-27)11-15-3-6-18(7-4-15)34-24(31)16-5-8-19(25)20(26)12-16/h2-12H,1H3,(H,28,30)/b17-11+. The van der Waals surface area contributed by atoms with Gasteiger partial charge in [-0.05, 0) is 60.5 Å². The van der Waals surface area contributed by atoms with Crippen LogP contribution in [0.2, 0.25) is 10.0 Å². The second kappa shape index (κ2) is 10.6. The van der Waals surface area contributed by atoms with E-state index < -0.39 is 16.8 Å². The molecule has 3 aromatic rings. The van der Waals surface area contributed by atoms with Crippen LogP contribution in [0.4, 0.5) is 11.4 Å². The molecular formula is C24H15Cl2N3O5. The fraction of sp³-hybridized carbons (Fsp3) is 0.0417. The maximum absolute atomic E-state index is 12.5. The molecule has 8 nitrogen and oxygen atoms in total. The molecule has 0 atom stereocenters. The van der Waals surface area contributed by atoms with E-state index in [9.17, 15) is 25.0 Å². The lowest BCUT2D eigenvalue weighted by atomic mass is 10.1. The van der Waals surface area contributed by atoms with E-state index in [1.54, 1.807) is 19.1 Å². The fourth-order valence-corrected chi connectivity index (χ4v) is 3.12. The predicted molar refractivity (Wildman–Crippen MR) is 128 cm³/mol. The molecular weight excluding hydrogens is 481 g/mol. The van der Waals surface area contributed by atoms with Crippen molar-refractivity contribution in [3.63, 3.8) is 0 Å². The minimum Gasteiger partial charge on any atom is -0.423 e. The maximum atomic E-state index is 12.5. The Kier molecular flexibility index (Phi) is 7.64. The molecule has 1 N–H and O–H groups in total. The highest BCUT2D eigenvalue weighted by molar-refractivity contribution is 6.42. The molecule has 0 aliphatic heterocycles. The van der Waals surface area contributed by atoms with Crippen LogP contribution >= 0.6 is 23.2 Å². The minimum atomic E-state index is -0.801. The van der Waals surface area contributed by atoms with Crippen molar-refractivity contribution in [1.82, 2.24) is 0 Å². The number of nitrogens with zero attached hydrogens (tertiary/aromatic N) is 2. The van der Waals surface area contributed by atoms with Gasteiger partial charge in [0.05, 0.1) is 20.5 Å². The summed E-state index contributed by atoms with van der Waals surface area (Å²) in [5.41, 5.74) is 0.771. The normalized spacial score (nSPS) is 10.8. The number of hydrogen-bond donors (Lipinski definition) is 1. The van der Waals surface area contributed by atoms with Gasteiger partial charge in [0.1, 0.15) is 23.1 Å². The summed E-state index contributed by atoms with van der Waals surface area (Å²) in [5.74, 6) is -1.21. The highest BCUT2D eigenvalue weighted by atomic mass is 35.5. The Morgan fingerprint density at radius 1 is 1.06 bits per heavy atom. The molecule has 0 radical (unpaired) electrons. The molecule has 0 aliphatic rings. The lowest BCUT2D eigenvalue weighted by Gasteiger charge is -2.07. The number of esters is 1. The van der Waals surface area contributed by atoms with Crippen LogP contribution in [0, 0.1) is 28.4 Å². The number of nitro benzene ring substituents is 1. The Labute approximate surface area is 204 Å². The first-order valence-electron chi connectivity index (χ1n) is 9.63. The molecule has 0 spiro atoms. The molecule has 0 bridgehead atoms. The van der Waals surface area contributed by atoms with Crippen LogP contribution < -0.4 is 10.1 Å². The topological polar surface area (TPSA) is 122 Å². The van der Waals surface area contributed by atoms with E-state index in [-0.39, 0.29) is 33.3 Å². The molecule has 0 unspecified atom stereocenters. The zero-order valence-electron chi connectivity index (χ0n) is 17.5. The third-order valence-corrected chi connectivity index (χ3v) is 5.26. The summed E-state index contributed by atoms with van der Waals surface area (Å²) in [6, 6.07) is 16.5. The zero-order chi connectivity index (χ0) is 24.8. The minimum absolute atomic E-state index is 0.0219. The van der Waals surface area contributed by atoms with Gasteiger partial charge in [0.15, 0.2) is 0 Å². The van der Waals surface area contributed by atoms with Crippen molar-refractivity contribution >= 4 is 52.5 Å². The highest BCUT2D eigenvalue weighted by Crippen LogP contribution is 2.26. The summed E-state index contributed by atoms with van der Waals surface area (Å²) in [5, 5.41) is 23.6. The highest BCUT2D eigenvalue weighted by Gasteiger charge is 2.18. The molecule has 0 heterocycles. The van der Waals surface area contributed by atoms with Gasteiger partial charge in [0.2, 0.25) is 0 Å². The Hall–Kier alpha value is -4.19. The van der Waals surface area contributed by atoms with Gasteiger partial charge in [-0.2, -0.15) is 5.26 Å². The summed E-state index contributed by atoms with van der Waals surface area (Å²) in [4.78, 5) is 35.4. The average Bonchev–Trinajstić information content (AvgIpc) is 2.81. The molecule has 0 aliphatic carbocycles. The van der Waals surface area contributed by atoms with Crippen LogP contribution in [0.1, 0.15) is 21.5 Å². The van der Waals surface area contributed by atoms with Gasteiger partial charge in [-0.3, -0.25) is 14.9 Å². The van der Waals surface area contributed by atoms with E-state index in [0.29, 0.717) is 16.1 Å². The molecule has 0 aromatic heterocycles. The largest absolute Gasteiger partial charge is 0.423 e. The van der Waals surface area contributed by atoms with Crippen molar-refractivity contribution in [3.05, 3.63) is 103 Å². The Morgan fingerprint density at radius 2 is 1.76 bits per heavy atom. The number of nitriles is 1. The molecule has 0 saturated carbocycles. The fourth-order valence-electron chi connectivity index (χ4n) is 2.82. The van der Waals surface area contributed by atoms with Crippen LogP contribution in [0.3, 0.4) is 0 Å². The van der Waals surface area contributed by atoms with Crippen molar-refractivity contribution in [2.45, 2.75) is 6.92 Å². The Bertz CT molecular complexity index is 1360. The maximum Gasteiger partial charge on any atom is 0.343 e. The van der Waals surface area contributed by atoms with Crippen LogP contribution in [0.25, 0.3) is 6.08 Å². The van der Waals surface area contributed by atoms with Gasteiger partial charge in [0, 0.05) is 6.07 Å². The van der Waals surface area contributed by atoms with Gasteiger partial charge in [-0.15, -0.1) is 0 Å². The lowest BCUT2D eigenvalue weighted by molar-refractivity contribution is -0.384. The number of anilines is 1. The number of nitro groups is 1. The number of ether oxygens (including phenoxy) is 1. The molecule has 10 heteroatoms. The summed E-state index contributed by atoms with van der Waals surface area (Å²) in [6.45, 7) is 1.69. The number of benzene rings is 3. The third-order valence-electron chi connectivity index (χ3n) is 4.52. The first-order chi connectivity index (χ1) is 16.2. The van der Waals surface area contributed by atoms with Crippen LogP contribution in [0.15, 0.2) is 66.2 Å². The number of amides is 1. The van der Waals surface area contributed by atoms with Crippen molar-refractivity contribution in [2.24, 2.45) is 0 Å². The summed E-state index contributed by atoms with van der Waals surface area (Å²) >= 11 is 11.8. The van der Waals surface area contributed by atoms with E-state index in [2.05, 4.69) is 5.32 Å². The molecule has 34 heavy (non-hydrogen) atoms. The summed E-state index contributed by atoms with van der Waals surface area (Å²) in [7, 11) is 0. The van der Waals surface area contributed by atoms with Gasteiger partial charge >= 0.3 is 5.97 Å². The quantitative estimate of drug-likeness (QED) is 0.112. The van der Waals surface area contributed by atoms with Crippen LogP contribution in [-0.2, 0) is 4.79 Å². The first kappa shape index (κ1) is 24.5. The van der Waals surface area contributed by atoms with Crippen LogP contribution in [-0.4, -0.2) is 16.8 Å². The van der Waals surface area contributed by atoms with E-state index in [0.717, 1.165) is 0 Å². The Balaban J connectivity index is 1.73. The van der Waals surface area contributed by atoms with Gasteiger partial charge in [-0.25, -0.2) is 4.79 Å². The van der Waals surface area contributed by atoms with Crippen molar-refractivity contribution < 1.29 is 19.2 Å². The SMILES string of the molecule is Cc1ccc(NC(=O)/C(C#N)=C/c2ccc(OC(=O)c3ccc(Cl)c(Cl)c3)cc2)c([N+](=O)[O-])c1. The third kappa shape index (κ3) is 5.98. The number of aryl methyl sites for hydroxylation is 1. The Morgan fingerprint density at radius 3 is 2.38 bits per heavy atom. The molecule has 1 amide bonds. The lowest BCUT2D eigenvalue weighted by Crippen LogP contribution is -2.14. The number of hydrogen-bond acceptors (Lipinski definition) is 6. The van der Waals surface area contributed by atoms with Crippen LogP contribution in [0.5, 0.6) is 5.75 Å². The molecule has 0 fully saturated rings. The number of rotatable bonds is 6.